The van der Waals surface area contributed by atoms with E-state index in [0.717, 1.165) is 42.5 Å². The fourth-order valence-corrected chi connectivity index (χ4v) is 4.34. The molecule has 3 heterocycles. The molecule has 158 valence electrons. The van der Waals surface area contributed by atoms with Crippen LogP contribution in [0.2, 0.25) is 5.02 Å². The van der Waals surface area contributed by atoms with Gasteiger partial charge in [0, 0.05) is 11.6 Å². The third-order valence-corrected chi connectivity index (χ3v) is 6.15. The monoisotopic (exact) mass is 434 g/mol. The minimum atomic E-state index is -0.183. The van der Waals surface area contributed by atoms with Crippen molar-refractivity contribution >= 4 is 28.4 Å². The van der Waals surface area contributed by atoms with Gasteiger partial charge in [0.15, 0.2) is 16.8 Å². The molecular formula is C23H23ClN6O. The Morgan fingerprint density at radius 2 is 1.94 bits per heavy atom. The Labute approximate surface area is 184 Å². The average Bonchev–Trinajstić information content (AvgIpc) is 3.19. The molecule has 7 nitrogen and oxygen atoms in total. The van der Waals surface area contributed by atoms with Crippen LogP contribution in [0.5, 0.6) is 0 Å². The standard InChI is InChI=1S/C23H23ClN6O/c1-2-18-19(16-8-10-17(24)11-9-16)21-27-26-20-22(30(21)28-18)25-14-29(23(20)31)13-12-15-6-4-3-5-7-15/h6,8-11,14H,2-5,7,12-13H2,1H3. The first kappa shape index (κ1) is 19.9. The Balaban J connectivity index is 1.59. The summed E-state index contributed by atoms with van der Waals surface area (Å²) < 4.78 is 3.27. The lowest BCUT2D eigenvalue weighted by molar-refractivity contribution is 0.609. The lowest BCUT2D eigenvalue weighted by Gasteiger charge is -2.13. The summed E-state index contributed by atoms with van der Waals surface area (Å²) in [4.78, 5) is 17.6. The molecule has 0 unspecified atom stereocenters. The summed E-state index contributed by atoms with van der Waals surface area (Å²) in [5, 5.41) is 14.0. The van der Waals surface area contributed by atoms with Crippen molar-refractivity contribution in [3.8, 4) is 11.1 Å². The van der Waals surface area contributed by atoms with Crippen LogP contribution in [0, 0.1) is 0 Å². The van der Waals surface area contributed by atoms with Crippen molar-refractivity contribution in [3.63, 3.8) is 0 Å². The summed E-state index contributed by atoms with van der Waals surface area (Å²) >= 11 is 6.05. The molecule has 0 bridgehead atoms. The largest absolute Gasteiger partial charge is 0.297 e. The van der Waals surface area contributed by atoms with E-state index in [1.54, 1.807) is 15.4 Å². The Hall–Kier alpha value is -3.06. The van der Waals surface area contributed by atoms with Crippen LogP contribution in [-0.4, -0.2) is 29.4 Å². The van der Waals surface area contributed by atoms with Crippen LogP contribution < -0.4 is 5.56 Å². The Kier molecular flexibility index (Phi) is 5.28. The fourth-order valence-electron chi connectivity index (χ4n) is 4.22. The van der Waals surface area contributed by atoms with Crippen molar-refractivity contribution < 1.29 is 0 Å². The van der Waals surface area contributed by atoms with Gasteiger partial charge in [0.25, 0.3) is 5.56 Å². The molecule has 8 heteroatoms. The number of nitrogens with zero attached hydrogens (tertiary/aromatic N) is 6. The second-order valence-corrected chi connectivity index (χ2v) is 8.33. The van der Waals surface area contributed by atoms with Crippen LogP contribution in [0.4, 0.5) is 0 Å². The zero-order valence-electron chi connectivity index (χ0n) is 17.4. The Morgan fingerprint density at radius 3 is 2.68 bits per heavy atom. The number of halogens is 1. The van der Waals surface area contributed by atoms with Crippen molar-refractivity contribution in [2.75, 3.05) is 0 Å². The van der Waals surface area contributed by atoms with E-state index < -0.39 is 0 Å². The maximum Gasteiger partial charge on any atom is 0.283 e. The van der Waals surface area contributed by atoms with Gasteiger partial charge in [-0.15, -0.1) is 10.2 Å². The van der Waals surface area contributed by atoms with E-state index >= 15 is 0 Å². The van der Waals surface area contributed by atoms with Crippen LogP contribution in [0.1, 0.15) is 44.7 Å². The van der Waals surface area contributed by atoms with Crippen LogP contribution in [0.15, 0.2) is 47.0 Å². The molecule has 0 aliphatic heterocycles. The van der Waals surface area contributed by atoms with Crippen LogP contribution >= 0.6 is 11.6 Å². The van der Waals surface area contributed by atoms with Crippen molar-refractivity contribution in [1.29, 1.82) is 0 Å². The number of benzene rings is 1. The predicted octanol–water partition coefficient (Wildman–Crippen LogP) is 4.61. The van der Waals surface area contributed by atoms with Gasteiger partial charge in [-0.3, -0.25) is 9.36 Å². The molecule has 0 atom stereocenters. The lowest BCUT2D eigenvalue weighted by Crippen LogP contribution is -2.23. The highest BCUT2D eigenvalue weighted by molar-refractivity contribution is 6.30. The van der Waals surface area contributed by atoms with E-state index in [2.05, 4.69) is 21.3 Å². The lowest BCUT2D eigenvalue weighted by atomic mass is 9.97. The van der Waals surface area contributed by atoms with Crippen molar-refractivity contribution in [2.45, 2.75) is 52.0 Å². The van der Waals surface area contributed by atoms with Crippen LogP contribution in [-0.2, 0) is 13.0 Å². The average molecular weight is 435 g/mol. The van der Waals surface area contributed by atoms with Gasteiger partial charge in [-0.05, 0) is 56.2 Å². The quantitative estimate of drug-likeness (QED) is 0.429. The van der Waals surface area contributed by atoms with Crippen molar-refractivity contribution in [3.05, 3.63) is 63.3 Å². The first-order valence-corrected chi connectivity index (χ1v) is 11.1. The second-order valence-electron chi connectivity index (χ2n) is 7.89. The molecule has 0 spiro atoms. The van der Waals surface area contributed by atoms with E-state index in [1.165, 1.54) is 18.4 Å². The van der Waals surface area contributed by atoms with E-state index in [9.17, 15) is 4.79 Å². The molecule has 0 saturated carbocycles. The zero-order valence-corrected chi connectivity index (χ0v) is 18.1. The molecule has 5 rings (SSSR count). The minimum absolute atomic E-state index is 0.183. The van der Waals surface area contributed by atoms with Crippen LogP contribution in [0.25, 0.3) is 27.9 Å². The zero-order chi connectivity index (χ0) is 21.4. The Bertz CT molecular complexity index is 1350. The number of aryl methyl sites for hydroxylation is 2. The van der Waals surface area contributed by atoms with Gasteiger partial charge in [0.1, 0.15) is 6.33 Å². The predicted molar refractivity (Wildman–Crippen MR) is 121 cm³/mol. The topological polar surface area (TPSA) is 78.0 Å². The molecular weight excluding hydrogens is 412 g/mol. The van der Waals surface area contributed by atoms with E-state index in [0.29, 0.717) is 22.9 Å². The third-order valence-electron chi connectivity index (χ3n) is 5.90. The van der Waals surface area contributed by atoms with Gasteiger partial charge in [-0.2, -0.15) is 9.61 Å². The SMILES string of the molecule is CCc1nn2c(nnc3c(=O)n(CCC4=CCCCC4)cnc32)c1-c1ccc(Cl)cc1. The maximum absolute atomic E-state index is 13.1. The Morgan fingerprint density at radius 1 is 1.10 bits per heavy atom. The van der Waals surface area contributed by atoms with Gasteiger partial charge >= 0.3 is 0 Å². The number of rotatable bonds is 5. The first-order valence-electron chi connectivity index (χ1n) is 10.7. The van der Waals surface area contributed by atoms with Gasteiger partial charge in [-0.25, -0.2) is 4.98 Å². The molecule has 31 heavy (non-hydrogen) atoms. The molecule has 4 aromatic rings. The van der Waals surface area contributed by atoms with E-state index in [4.69, 9.17) is 16.7 Å². The first-order chi connectivity index (χ1) is 15.2. The van der Waals surface area contributed by atoms with E-state index in [1.807, 2.05) is 31.2 Å². The minimum Gasteiger partial charge on any atom is -0.297 e. The molecule has 1 aromatic carbocycles. The number of fused-ring (bicyclic) bond motifs is 3. The highest BCUT2D eigenvalue weighted by Crippen LogP contribution is 2.29. The van der Waals surface area contributed by atoms with Crippen LogP contribution in [0.3, 0.4) is 0 Å². The number of hydrogen-bond donors (Lipinski definition) is 0. The molecule has 0 saturated heterocycles. The third kappa shape index (κ3) is 3.63. The molecule has 0 amide bonds. The second kappa shape index (κ2) is 8.23. The molecule has 0 N–H and O–H groups in total. The highest BCUT2D eigenvalue weighted by atomic mass is 35.5. The highest BCUT2D eigenvalue weighted by Gasteiger charge is 2.19. The van der Waals surface area contributed by atoms with Gasteiger partial charge in [0.2, 0.25) is 0 Å². The summed E-state index contributed by atoms with van der Waals surface area (Å²) in [5.41, 5.74) is 5.22. The van der Waals surface area contributed by atoms with Gasteiger partial charge < -0.3 is 0 Å². The normalized spacial score (nSPS) is 14.3. The molecule has 1 aliphatic carbocycles. The van der Waals surface area contributed by atoms with Gasteiger partial charge in [-0.1, -0.05) is 42.3 Å². The summed E-state index contributed by atoms with van der Waals surface area (Å²) in [6.45, 7) is 2.64. The molecule has 0 radical (unpaired) electrons. The fraction of sp³-hybridized carbons (Fsp3) is 0.348. The summed E-state index contributed by atoms with van der Waals surface area (Å²) in [5.74, 6) is 0. The number of aromatic nitrogens is 6. The van der Waals surface area contributed by atoms with Gasteiger partial charge in [0.05, 0.1) is 11.3 Å². The molecule has 1 aliphatic rings. The van der Waals surface area contributed by atoms with E-state index in [-0.39, 0.29) is 11.1 Å². The smallest absolute Gasteiger partial charge is 0.283 e. The van der Waals surface area contributed by atoms with Crippen molar-refractivity contribution in [2.24, 2.45) is 0 Å². The van der Waals surface area contributed by atoms with Crippen molar-refractivity contribution in [1.82, 2.24) is 29.4 Å². The maximum atomic E-state index is 13.1. The number of allylic oxidation sites excluding steroid dienone is 2. The molecule has 0 fully saturated rings. The summed E-state index contributed by atoms with van der Waals surface area (Å²) in [6.07, 6.45) is 10.2. The number of hydrogen-bond acceptors (Lipinski definition) is 5. The summed E-state index contributed by atoms with van der Waals surface area (Å²) in [6, 6.07) is 7.56. The summed E-state index contributed by atoms with van der Waals surface area (Å²) in [7, 11) is 0. The molecule has 3 aromatic heterocycles.